The van der Waals surface area contributed by atoms with Crippen molar-refractivity contribution >= 4 is 5.78 Å². The van der Waals surface area contributed by atoms with Gasteiger partial charge in [-0.1, -0.05) is 20.3 Å². The van der Waals surface area contributed by atoms with Gasteiger partial charge in [0.1, 0.15) is 0 Å². The molecule has 3 aliphatic carbocycles. The van der Waals surface area contributed by atoms with Crippen LogP contribution in [0.1, 0.15) is 52.4 Å². The maximum Gasteiger partial charge on any atom is 0.155 e. The third kappa shape index (κ3) is 1.90. The summed E-state index contributed by atoms with van der Waals surface area (Å²) >= 11 is 0. The largest absolute Gasteiger partial charge is 0.396 e. The molecular weight excluding hydrogens is 252 g/mol. The molecule has 0 spiro atoms. The van der Waals surface area contributed by atoms with E-state index in [-0.39, 0.29) is 23.2 Å². The molecule has 3 rings (SSSR count). The van der Waals surface area contributed by atoms with Gasteiger partial charge in [-0.15, -0.1) is 0 Å². The van der Waals surface area contributed by atoms with Crippen molar-refractivity contribution in [1.29, 1.82) is 0 Å². The summed E-state index contributed by atoms with van der Waals surface area (Å²) in [7, 11) is 0. The van der Waals surface area contributed by atoms with Gasteiger partial charge in [0.25, 0.3) is 0 Å². The smallest absolute Gasteiger partial charge is 0.155 e. The van der Waals surface area contributed by atoms with E-state index in [1.807, 2.05) is 0 Å². The summed E-state index contributed by atoms with van der Waals surface area (Å²) in [6.45, 7) is 4.69. The van der Waals surface area contributed by atoms with Crippen molar-refractivity contribution in [3.63, 3.8) is 0 Å². The van der Waals surface area contributed by atoms with Gasteiger partial charge in [-0.3, -0.25) is 4.79 Å². The Hall–Kier alpha value is -0.670. The normalized spacial score (nSPS) is 48.3. The topological polar surface area (TPSA) is 57.5 Å². The Labute approximate surface area is 121 Å². The monoisotopic (exact) mass is 278 g/mol. The van der Waals surface area contributed by atoms with Crippen molar-refractivity contribution in [2.75, 3.05) is 6.61 Å². The minimum Gasteiger partial charge on any atom is -0.396 e. The standard InChI is InChI=1S/C17H26O3/c1-16(10-18)6-3-7-17(2)13-5-4-11(19)8-12(13)14(20)9-15(16)17/h8,13-15,18,20H,3-7,9-10H2,1-2H3/t13-,14?,15?,16-,17-/m1/s1. The predicted octanol–water partition coefficient (Wildman–Crippen LogP) is 2.46. The Balaban J connectivity index is 2.03. The molecule has 0 radical (unpaired) electrons. The van der Waals surface area contributed by atoms with Crippen LogP contribution in [0.25, 0.3) is 0 Å². The molecular formula is C17H26O3. The molecule has 2 unspecified atom stereocenters. The first-order valence-electron chi connectivity index (χ1n) is 7.94. The van der Waals surface area contributed by atoms with Gasteiger partial charge in [0.15, 0.2) is 5.78 Å². The molecule has 2 fully saturated rings. The molecule has 3 aliphatic rings. The maximum atomic E-state index is 11.7. The van der Waals surface area contributed by atoms with Gasteiger partial charge in [-0.05, 0) is 60.0 Å². The van der Waals surface area contributed by atoms with Crippen LogP contribution in [0.4, 0.5) is 0 Å². The molecule has 2 N–H and O–H groups in total. The van der Waals surface area contributed by atoms with Crippen LogP contribution in [0.2, 0.25) is 0 Å². The van der Waals surface area contributed by atoms with Gasteiger partial charge < -0.3 is 10.2 Å². The minimum absolute atomic E-state index is 0.0824. The fourth-order valence-electron chi connectivity index (χ4n) is 5.39. The SMILES string of the molecule is C[C@]1(CO)CCC[C@@]2(C)C1CC(O)C1=CC(=O)CC[C@H]12. The Morgan fingerprint density at radius 3 is 2.80 bits per heavy atom. The van der Waals surface area contributed by atoms with Crippen molar-refractivity contribution in [2.45, 2.75) is 58.5 Å². The number of hydrogen-bond donors (Lipinski definition) is 2. The van der Waals surface area contributed by atoms with Crippen LogP contribution in [-0.2, 0) is 4.79 Å². The average Bonchev–Trinajstić information content (AvgIpc) is 2.42. The molecule has 20 heavy (non-hydrogen) atoms. The summed E-state index contributed by atoms with van der Waals surface area (Å²) in [4.78, 5) is 11.7. The first-order valence-corrected chi connectivity index (χ1v) is 7.94. The molecule has 0 bridgehead atoms. The Kier molecular flexibility index (Phi) is 3.33. The number of rotatable bonds is 1. The predicted molar refractivity (Wildman–Crippen MR) is 77.1 cm³/mol. The second-order valence-corrected chi connectivity index (χ2v) is 7.68. The summed E-state index contributed by atoms with van der Waals surface area (Å²) in [6.07, 6.45) is 6.73. The van der Waals surface area contributed by atoms with E-state index in [0.29, 0.717) is 24.7 Å². The summed E-state index contributed by atoms with van der Waals surface area (Å²) in [6, 6.07) is 0. The summed E-state index contributed by atoms with van der Waals surface area (Å²) in [5.74, 6) is 0.831. The van der Waals surface area contributed by atoms with Crippen molar-refractivity contribution in [2.24, 2.45) is 22.7 Å². The Morgan fingerprint density at radius 2 is 2.10 bits per heavy atom. The van der Waals surface area contributed by atoms with Gasteiger partial charge in [0.2, 0.25) is 0 Å². The van der Waals surface area contributed by atoms with Crippen LogP contribution >= 0.6 is 0 Å². The van der Waals surface area contributed by atoms with E-state index >= 15 is 0 Å². The lowest BCUT2D eigenvalue weighted by atomic mass is 9.45. The number of ketones is 1. The molecule has 3 nitrogen and oxygen atoms in total. The first kappa shape index (κ1) is 14.3. The lowest BCUT2D eigenvalue weighted by molar-refractivity contribution is -0.123. The van der Waals surface area contributed by atoms with E-state index in [1.165, 1.54) is 0 Å². The van der Waals surface area contributed by atoms with Crippen LogP contribution in [0, 0.1) is 22.7 Å². The molecule has 112 valence electrons. The molecule has 3 heteroatoms. The number of carbonyl (C=O) groups excluding carboxylic acids is 1. The quantitative estimate of drug-likeness (QED) is 0.774. The molecule has 0 heterocycles. The first-order chi connectivity index (χ1) is 9.40. The summed E-state index contributed by atoms with van der Waals surface area (Å²) < 4.78 is 0. The van der Waals surface area contributed by atoms with E-state index in [0.717, 1.165) is 31.3 Å². The van der Waals surface area contributed by atoms with Gasteiger partial charge in [-0.25, -0.2) is 0 Å². The zero-order valence-corrected chi connectivity index (χ0v) is 12.6. The minimum atomic E-state index is -0.494. The Bertz CT molecular complexity index is 455. The highest BCUT2D eigenvalue weighted by molar-refractivity contribution is 5.91. The van der Waals surface area contributed by atoms with Crippen molar-refractivity contribution in [3.8, 4) is 0 Å². The van der Waals surface area contributed by atoms with Crippen LogP contribution in [0.3, 0.4) is 0 Å². The molecule has 0 aromatic carbocycles. The summed E-state index contributed by atoms with van der Waals surface area (Å²) in [5.41, 5.74) is 1.02. The van der Waals surface area contributed by atoms with Crippen LogP contribution < -0.4 is 0 Å². The third-order valence-corrected chi connectivity index (χ3v) is 6.51. The van der Waals surface area contributed by atoms with E-state index in [9.17, 15) is 15.0 Å². The molecule has 0 saturated heterocycles. The molecule has 0 amide bonds. The van der Waals surface area contributed by atoms with Gasteiger partial charge in [-0.2, -0.15) is 0 Å². The second kappa shape index (κ2) is 4.67. The van der Waals surface area contributed by atoms with E-state index < -0.39 is 6.10 Å². The highest BCUT2D eigenvalue weighted by Crippen LogP contribution is 2.62. The zero-order chi connectivity index (χ0) is 14.5. The maximum absolute atomic E-state index is 11.7. The van der Waals surface area contributed by atoms with Crippen molar-refractivity contribution in [3.05, 3.63) is 11.6 Å². The molecule has 2 saturated carbocycles. The van der Waals surface area contributed by atoms with Crippen molar-refractivity contribution in [1.82, 2.24) is 0 Å². The van der Waals surface area contributed by atoms with E-state index in [2.05, 4.69) is 13.8 Å². The number of allylic oxidation sites excluding steroid dienone is 1. The molecule has 0 aromatic rings. The number of aliphatic hydroxyl groups excluding tert-OH is 2. The number of hydrogen-bond acceptors (Lipinski definition) is 3. The Morgan fingerprint density at radius 1 is 1.35 bits per heavy atom. The number of fused-ring (bicyclic) bond motifs is 3. The van der Waals surface area contributed by atoms with E-state index in [1.54, 1.807) is 6.08 Å². The van der Waals surface area contributed by atoms with Crippen molar-refractivity contribution < 1.29 is 15.0 Å². The second-order valence-electron chi connectivity index (χ2n) is 7.68. The lowest BCUT2D eigenvalue weighted by Gasteiger charge is -2.60. The number of carbonyl (C=O) groups is 1. The zero-order valence-electron chi connectivity index (χ0n) is 12.6. The van der Waals surface area contributed by atoms with Crippen LogP contribution in [0.5, 0.6) is 0 Å². The number of aliphatic hydroxyl groups is 2. The summed E-state index contributed by atoms with van der Waals surface area (Å²) in [5, 5.41) is 20.4. The molecule has 0 aliphatic heterocycles. The molecule has 0 aromatic heterocycles. The third-order valence-electron chi connectivity index (χ3n) is 6.51. The highest BCUT2D eigenvalue weighted by Gasteiger charge is 2.57. The van der Waals surface area contributed by atoms with E-state index in [4.69, 9.17) is 0 Å². The van der Waals surface area contributed by atoms with Crippen LogP contribution in [-0.4, -0.2) is 28.7 Å². The van der Waals surface area contributed by atoms with Gasteiger partial charge >= 0.3 is 0 Å². The fourth-order valence-corrected chi connectivity index (χ4v) is 5.39. The van der Waals surface area contributed by atoms with Crippen LogP contribution in [0.15, 0.2) is 11.6 Å². The van der Waals surface area contributed by atoms with Gasteiger partial charge in [0, 0.05) is 13.0 Å². The lowest BCUT2D eigenvalue weighted by Crippen LogP contribution is -2.55. The highest BCUT2D eigenvalue weighted by atomic mass is 16.3. The average molecular weight is 278 g/mol. The molecule has 5 atom stereocenters. The fraction of sp³-hybridized carbons (Fsp3) is 0.824. The van der Waals surface area contributed by atoms with Gasteiger partial charge in [0.05, 0.1) is 6.10 Å².